The van der Waals surface area contributed by atoms with Gasteiger partial charge in [0.1, 0.15) is 17.7 Å². The maximum atomic E-state index is 13.0. The number of carbonyl (C=O) groups is 1. The van der Waals surface area contributed by atoms with Crippen LogP contribution in [0.3, 0.4) is 0 Å². The number of nitrogens with one attached hydrogen (secondary N) is 1. The van der Waals surface area contributed by atoms with Crippen LogP contribution in [0.4, 0.5) is 10.2 Å². The molecule has 0 saturated carbocycles. The Morgan fingerprint density at radius 1 is 1.19 bits per heavy atom. The number of aliphatic hydroxyl groups is 1. The number of likely N-dealkylation sites (tertiary alicyclic amines) is 1. The Bertz CT molecular complexity index is 975. The first-order valence-electron chi connectivity index (χ1n) is 8.93. The number of nitrogens with zero attached hydrogens (tertiary/aromatic N) is 2. The summed E-state index contributed by atoms with van der Waals surface area (Å²) in [5, 5.41) is 13.8. The van der Waals surface area contributed by atoms with E-state index in [1.54, 1.807) is 17.0 Å². The quantitative estimate of drug-likeness (QED) is 0.729. The lowest BCUT2D eigenvalue weighted by molar-refractivity contribution is -0.128. The number of carbonyl (C=O) groups excluding carboxylic acids is 1. The third kappa shape index (κ3) is 3.61. The number of halogens is 1. The maximum Gasteiger partial charge on any atom is 0.245 e. The number of rotatable bonds is 5. The Labute approximate surface area is 156 Å². The van der Waals surface area contributed by atoms with Gasteiger partial charge in [-0.2, -0.15) is 0 Å². The number of fused-ring (bicyclic) bond motifs is 1. The molecule has 3 aromatic rings. The second-order valence-corrected chi connectivity index (χ2v) is 6.72. The number of aliphatic hydroxyl groups excluding tert-OH is 1. The molecule has 0 bridgehead atoms. The van der Waals surface area contributed by atoms with Crippen LogP contribution in [0, 0.1) is 5.82 Å². The molecule has 1 aliphatic rings. The molecule has 4 rings (SSSR count). The summed E-state index contributed by atoms with van der Waals surface area (Å²) in [4.78, 5) is 19.1. The van der Waals surface area contributed by atoms with E-state index in [0.717, 1.165) is 16.5 Å². The topological polar surface area (TPSA) is 65.5 Å². The number of hydrogen-bond donors (Lipinski definition) is 2. The van der Waals surface area contributed by atoms with Crippen LogP contribution in [0.25, 0.3) is 10.9 Å². The van der Waals surface area contributed by atoms with Crippen molar-refractivity contribution >= 4 is 22.6 Å². The minimum atomic E-state index is -0.385. The third-order valence-corrected chi connectivity index (χ3v) is 4.87. The van der Waals surface area contributed by atoms with Crippen molar-refractivity contribution in [3.63, 3.8) is 0 Å². The second kappa shape index (κ2) is 7.32. The smallest absolute Gasteiger partial charge is 0.245 e. The molecule has 2 N–H and O–H groups in total. The lowest BCUT2D eigenvalue weighted by Crippen LogP contribution is -2.33. The number of pyridine rings is 1. The lowest BCUT2D eigenvalue weighted by Gasteiger charge is -2.18. The minimum Gasteiger partial charge on any atom is -0.392 e. The van der Waals surface area contributed by atoms with Gasteiger partial charge in [-0.3, -0.25) is 4.79 Å². The van der Waals surface area contributed by atoms with Crippen LogP contribution in [0.5, 0.6) is 0 Å². The van der Waals surface area contributed by atoms with Crippen molar-refractivity contribution in [2.24, 2.45) is 0 Å². The van der Waals surface area contributed by atoms with Crippen LogP contribution in [-0.4, -0.2) is 33.5 Å². The summed E-state index contributed by atoms with van der Waals surface area (Å²) in [6, 6.07) is 15.4. The summed E-state index contributed by atoms with van der Waals surface area (Å²) in [5.41, 5.74) is 2.37. The molecule has 1 amide bonds. The van der Waals surface area contributed by atoms with Crippen molar-refractivity contribution in [3.8, 4) is 0 Å². The number of hydrogen-bond acceptors (Lipinski definition) is 4. The van der Waals surface area contributed by atoms with Gasteiger partial charge < -0.3 is 15.3 Å². The van der Waals surface area contributed by atoms with E-state index >= 15 is 0 Å². The Balaban J connectivity index is 1.51. The van der Waals surface area contributed by atoms with Gasteiger partial charge in [0, 0.05) is 24.0 Å². The van der Waals surface area contributed by atoms with Gasteiger partial charge in [-0.25, -0.2) is 9.37 Å². The summed E-state index contributed by atoms with van der Waals surface area (Å²) >= 11 is 0. The molecule has 5 nitrogen and oxygen atoms in total. The fourth-order valence-electron chi connectivity index (χ4n) is 3.41. The zero-order valence-corrected chi connectivity index (χ0v) is 14.7. The Hall–Kier alpha value is -2.99. The molecular formula is C21H20FN3O2. The highest BCUT2D eigenvalue weighted by molar-refractivity contribution is 5.88. The van der Waals surface area contributed by atoms with Gasteiger partial charge in [0.05, 0.1) is 12.1 Å². The van der Waals surface area contributed by atoms with Gasteiger partial charge in [0.15, 0.2) is 0 Å². The molecule has 6 heteroatoms. The molecule has 1 saturated heterocycles. The number of anilines is 1. The van der Waals surface area contributed by atoms with Gasteiger partial charge in [-0.1, -0.05) is 30.3 Å². The first kappa shape index (κ1) is 17.4. The lowest BCUT2D eigenvalue weighted by atomic mass is 10.1. The van der Waals surface area contributed by atoms with E-state index in [4.69, 9.17) is 0 Å². The largest absolute Gasteiger partial charge is 0.392 e. The van der Waals surface area contributed by atoms with Crippen molar-refractivity contribution in [2.45, 2.75) is 25.6 Å². The number of benzene rings is 2. The second-order valence-electron chi connectivity index (χ2n) is 6.72. The van der Waals surface area contributed by atoms with E-state index in [1.165, 1.54) is 12.1 Å². The maximum absolute atomic E-state index is 13.0. The van der Waals surface area contributed by atoms with Gasteiger partial charge >= 0.3 is 0 Å². The summed E-state index contributed by atoms with van der Waals surface area (Å²) in [6.45, 7) is 0.922. The van der Waals surface area contributed by atoms with Crippen molar-refractivity contribution in [1.29, 1.82) is 0 Å². The van der Waals surface area contributed by atoms with Crippen LogP contribution in [0.2, 0.25) is 0 Å². The van der Waals surface area contributed by atoms with Gasteiger partial charge in [-0.15, -0.1) is 0 Å². The van der Waals surface area contributed by atoms with E-state index in [0.29, 0.717) is 30.9 Å². The highest BCUT2D eigenvalue weighted by atomic mass is 19.1. The number of para-hydroxylation sites is 1. The molecule has 1 atom stereocenters. The average molecular weight is 365 g/mol. The summed E-state index contributed by atoms with van der Waals surface area (Å²) in [6.07, 6.45) is 0.652. The Morgan fingerprint density at radius 3 is 2.74 bits per heavy atom. The number of aromatic nitrogens is 1. The van der Waals surface area contributed by atoms with Crippen LogP contribution in [-0.2, 0) is 17.9 Å². The highest BCUT2D eigenvalue weighted by Gasteiger charge is 2.32. The van der Waals surface area contributed by atoms with Crippen molar-refractivity contribution in [1.82, 2.24) is 9.88 Å². The zero-order valence-electron chi connectivity index (χ0n) is 14.7. The third-order valence-electron chi connectivity index (χ3n) is 4.87. The molecule has 2 heterocycles. The molecule has 1 aliphatic heterocycles. The summed E-state index contributed by atoms with van der Waals surface area (Å²) in [7, 11) is 0. The highest BCUT2D eigenvalue weighted by Crippen LogP contribution is 2.24. The van der Waals surface area contributed by atoms with Gasteiger partial charge in [0.25, 0.3) is 0 Å². The molecule has 1 aromatic heterocycles. The summed E-state index contributed by atoms with van der Waals surface area (Å²) in [5.74, 6) is 0.237. The van der Waals surface area contributed by atoms with E-state index in [9.17, 15) is 14.3 Å². The average Bonchev–Trinajstić information content (AvgIpc) is 3.02. The minimum absolute atomic E-state index is 0.0156. The van der Waals surface area contributed by atoms with Crippen molar-refractivity contribution < 1.29 is 14.3 Å². The van der Waals surface area contributed by atoms with E-state index in [-0.39, 0.29) is 24.4 Å². The Morgan fingerprint density at radius 2 is 1.96 bits per heavy atom. The molecule has 1 fully saturated rings. The van der Waals surface area contributed by atoms with E-state index < -0.39 is 0 Å². The van der Waals surface area contributed by atoms with Crippen molar-refractivity contribution in [2.75, 3.05) is 11.9 Å². The fourth-order valence-corrected chi connectivity index (χ4v) is 3.41. The van der Waals surface area contributed by atoms with Crippen LogP contribution in [0.1, 0.15) is 17.5 Å². The van der Waals surface area contributed by atoms with Crippen LogP contribution < -0.4 is 5.32 Å². The monoisotopic (exact) mass is 365 g/mol. The predicted molar refractivity (Wildman–Crippen MR) is 102 cm³/mol. The SMILES string of the molecule is O=C1C(Nc2nc3ccccc3cc2CO)CCN1Cc1ccc(F)cc1. The zero-order chi connectivity index (χ0) is 18.8. The molecule has 1 unspecified atom stereocenters. The normalized spacial score (nSPS) is 16.9. The van der Waals surface area contributed by atoms with Crippen LogP contribution >= 0.6 is 0 Å². The first-order chi connectivity index (χ1) is 13.1. The molecule has 138 valence electrons. The van der Waals surface area contributed by atoms with E-state index in [1.807, 2.05) is 30.3 Å². The van der Waals surface area contributed by atoms with Gasteiger partial charge in [-0.05, 0) is 36.2 Å². The molecular weight excluding hydrogens is 345 g/mol. The molecule has 27 heavy (non-hydrogen) atoms. The standard InChI is InChI=1S/C21H20FN3O2/c22-17-7-5-14(6-8-17)12-25-10-9-19(21(25)27)24-20-16(13-26)11-15-3-1-2-4-18(15)23-20/h1-8,11,19,26H,9-10,12-13H2,(H,23,24). The van der Waals surface area contributed by atoms with Gasteiger partial charge in [0.2, 0.25) is 5.91 Å². The fraction of sp³-hybridized carbons (Fsp3) is 0.238. The predicted octanol–water partition coefficient (Wildman–Crippen LogP) is 3.08. The molecule has 0 radical (unpaired) electrons. The summed E-state index contributed by atoms with van der Waals surface area (Å²) < 4.78 is 13.0. The van der Waals surface area contributed by atoms with Crippen molar-refractivity contribution in [3.05, 3.63) is 71.5 Å². The Kier molecular flexibility index (Phi) is 4.73. The molecule has 0 spiro atoms. The first-order valence-corrected chi connectivity index (χ1v) is 8.93. The molecule has 2 aromatic carbocycles. The van der Waals surface area contributed by atoms with Crippen LogP contribution in [0.15, 0.2) is 54.6 Å². The van der Waals surface area contributed by atoms with E-state index in [2.05, 4.69) is 10.3 Å². The molecule has 0 aliphatic carbocycles. The number of amides is 1.